The molecule has 0 heterocycles. The van der Waals surface area contributed by atoms with E-state index in [1.165, 1.54) is 4.90 Å². The molecule has 0 aromatic carbocycles. The average molecular weight is 192 g/mol. The Labute approximate surface area is 78.5 Å². The first kappa shape index (κ1) is 12.8. The maximum absolute atomic E-state index is 8.70. The summed E-state index contributed by atoms with van der Waals surface area (Å²) in [5.74, 6) is 0. The number of nitrogens with two attached hydrogens (primary N) is 2. The molecule has 13 heavy (non-hydrogen) atoms. The van der Waals surface area contributed by atoms with Gasteiger partial charge in [-0.3, -0.25) is 4.90 Å². The van der Waals surface area contributed by atoms with Crippen molar-refractivity contribution in [3.63, 3.8) is 0 Å². The van der Waals surface area contributed by atoms with Crippen molar-refractivity contribution < 1.29 is 10.2 Å². The minimum Gasteiger partial charge on any atom is -0.381 e. The zero-order valence-electron chi connectivity index (χ0n) is 7.82. The van der Waals surface area contributed by atoms with Gasteiger partial charge in [0.1, 0.15) is 0 Å². The fourth-order valence-electron chi connectivity index (χ4n) is 0.879. The van der Waals surface area contributed by atoms with Crippen LogP contribution < -0.4 is 16.8 Å². The van der Waals surface area contributed by atoms with E-state index in [2.05, 4.69) is 5.32 Å². The molecule has 0 amide bonds. The lowest BCUT2D eigenvalue weighted by Gasteiger charge is -2.19. The van der Waals surface area contributed by atoms with Gasteiger partial charge in [-0.25, -0.2) is 0 Å². The Hall–Kier alpha value is -0.240. The van der Waals surface area contributed by atoms with Crippen molar-refractivity contribution in [2.24, 2.45) is 11.5 Å². The molecule has 0 aliphatic carbocycles. The lowest BCUT2D eigenvalue weighted by molar-refractivity contribution is 0.0271. The molecule has 80 valence electrons. The minimum atomic E-state index is -0.153. The number of aliphatic hydroxyl groups excluding tert-OH is 2. The molecule has 0 aliphatic rings. The first-order valence-corrected chi connectivity index (χ1v) is 4.37. The molecule has 1 atom stereocenters. The number of hydrogen-bond acceptors (Lipinski definition) is 6. The normalized spacial score (nSPS) is 13.6. The van der Waals surface area contributed by atoms with Crippen LogP contribution in [-0.4, -0.2) is 54.4 Å². The highest BCUT2D eigenvalue weighted by atomic mass is 16.3. The highest BCUT2D eigenvalue weighted by Gasteiger charge is 2.04. The minimum absolute atomic E-state index is 0.135. The van der Waals surface area contributed by atoms with E-state index in [9.17, 15) is 0 Å². The van der Waals surface area contributed by atoms with Crippen LogP contribution in [-0.2, 0) is 0 Å². The van der Waals surface area contributed by atoms with Crippen LogP contribution in [0.3, 0.4) is 0 Å². The highest BCUT2D eigenvalue weighted by Crippen LogP contribution is 1.89. The molecule has 7 N–H and O–H groups in total. The molecule has 0 rings (SSSR count). The first-order chi connectivity index (χ1) is 6.24. The maximum atomic E-state index is 8.70. The Balaban J connectivity index is 3.38. The van der Waals surface area contributed by atoms with Crippen LogP contribution >= 0.6 is 0 Å². The average Bonchev–Trinajstić information content (AvgIpc) is 2.16. The van der Waals surface area contributed by atoms with Gasteiger partial charge in [0.15, 0.2) is 0 Å². The van der Waals surface area contributed by atoms with Gasteiger partial charge in [-0.2, -0.15) is 0 Å². The standard InChI is InChI=1S/C7H20N4O2/c8-2-3-10-7(9)1-4-11(5-12)6-13/h7,10,12-13H,1-6,8-9H2. The smallest absolute Gasteiger partial charge is 0.0974 e. The second kappa shape index (κ2) is 8.36. The summed E-state index contributed by atoms with van der Waals surface area (Å²) in [6.45, 7) is 1.49. The fourth-order valence-corrected chi connectivity index (χ4v) is 0.879. The van der Waals surface area contributed by atoms with Gasteiger partial charge in [0.25, 0.3) is 0 Å². The van der Waals surface area contributed by atoms with E-state index in [-0.39, 0.29) is 19.6 Å². The molecule has 1 unspecified atom stereocenters. The summed E-state index contributed by atoms with van der Waals surface area (Å²) in [6.07, 6.45) is 0.533. The summed E-state index contributed by atoms with van der Waals surface area (Å²) in [7, 11) is 0. The van der Waals surface area contributed by atoms with Crippen molar-refractivity contribution in [2.75, 3.05) is 33.1 Å². The largest absolute Gasteiger partial charge is 0.381 e. The van der Waals surface area contributed by atoms with Crippen LogP contribution in [0.4, 0.5) is 0 Å². The van der Waals surface area contributed by atoms with Crippen LogP contribution in [0.15, 0.2) is 0 Å². The summed E-state index contributed by atoms with van der Waals surface area (Å²) >= 11 is 0. The zero-order chi connectivity index (χ0) is 10.1. The van der Waals surface area contributed by atoms with Gasteiger partial charge in [0.2, 0.25) is 0 Å². The molecule has 0 saturated carbocycles. The van der Waals surface area contributed by atoms with Gasteiger partial charge in [0.05, 0.1) is 19.6 Å². The van der Waals surface area contributed by atoms with E-state index in [0.717, 1.165) is 0 Å². The highest BCUT2D eigenvalue weighted by molar-refractivity contribution is 4.61. The van der Waals surface area contributed by atoms with Crippen LogP contribution in [0.5, 0.6) is 0 Å². The Kier molecular flexibility index (Phi) is 8.21. The third-order valence-corrected chi connectivity index (χ3v) is 1.71. The quantitative estimate of drug-likeness (QED) is 0.270. The van der Waals surface area contributed by atoms with Crippen molar-refractivity contribution in [3.05, 3.63) is 0 Å². The van der Waals surface area contributed by atoms with E-state index >= 15 is 0 Å². The third-order valence-electron chi connectivity index (χ3n) is 1.71. The second-order valence-electron chi connectivity index (χ2n) is 2.82. The van der Waals surface area contributed by atoms with Crippen LogP contribution in [0.1, 0.15) is 6.42 Å². The molecule has 0 radical (unpaired) electrons. The summed E-state index contributed by atoms with van der Waals surface area (Å²) in [6, 6.07) is 0. The van der Waals surface area contributed by atoms with E-state index in [4.69, 9.17) is 21.7 Å². The third kappa shape index (κ3) is 6.88. The van der Waals surface area contributed by atoms with Gasteiger partial charge in [0, 0.05) is 19.6 Å². The fraction of sp³-hybridized carbons (Fsp3) is 1.00. The van der Waals surface area contributed by atoms with Gasteiger partial charge in [-0.05, 0) is 6.42 Å². The molecule has 0 bridgehead atoms. The second-order valence-corrected chi connectivity index (χ2v) is 2.82. The van der Waals surface area contributed by atoms with Crippen molar-refractivity contribution in [2.45, 2.75) is 12.6 Å². The summed E-state index contributed by atoms with van der Waals surface area (Å²) in [5, 5.41) is 20.4. The van der Waals surface area contributed by atoms with Gasteiger partial charge in [-0.15, -0.1) is 0 Å². The summed E-state index contributed by atoms with van der Waals surface area (Å²) in [5.41, 5.74) is 10.9. The van der Waals surface area contributed by atoms with Crippen LogP contribution in [0, 0.1) is 0 Å². The van der Waals surface area contributed by atoms with Crippen molar-refractivity contribution >= 4 is 0 Å². The predicted octanol–water partition coefficient (Wildman–Crippen LogP) is -2.59. The molecule has 0 aromatic heterocycles. The van der Waals surface area contributed by atoms with Gasteiger partial charge in [-0.1, -0.05) is 0 Å². The number of nitrogens with zero attached hydrogens (tertiary/aromatic N) is 1. The van der Waals surface area contributed by atoms with E-state index < -0.39 is 0 Å². The molecule has 0 spiro atoms. The Morgan fingerprint density at radius 1 is 1.31 bits per heavy atom. The summed E-state index contributed by atoms with van der Waals surface area (Å²) < 4.78 is 0. The van der Waals surface area contributed by atoms with Gasteiger partial charge >= 0.3 is 0 Å². The SMILES string of the molecule is NCCNC(N)CCN(CO)CO. The Morgan fingerprint density at radius 2 is 1.92 bits per heavy atom. The van der Waals surface area contributed by atoms with E-state index in [1.54, 1.807) is 0 Å². The predicted molar refractivity (Wildman–Crippen MR) is 50.5 cm³/mol. The maximum Gasteiger partial charge on any atom is 0.0974 e. The zero-order valence-corrected chi connectivity index (χ0v) is 7.82. The Morgan fingerprint density at radius 3 is 2.38 bits per heavy atom. The molecule has 0 fully saturated rings. The number of nitrogens with one attached hydrogen (secondary N) is 1. The monoisotopic (exact) mass is 192 g/mol. The Bertz CT molecular complexity index is 111. The van der Waals surface area contributed by atoms with Crippen molar-refractivity contribution in [3.8, 4) is 0 Å². The molecule has 0 aliphatic heterocycles. The first-order valence-electron chi connectivity index (χ1n) is 4.37. The van der Waals surface area contributed by atoms with E-state index in [0.29, 0.717) is 26.1 Å². The van der Waals surface area contributed by atoms with Gasteiger partial charge < -0.3 is 27.0 Å². The lowest BCUT2D eigenvalue weighted by Crippen LogP contribution is -2.42. The van der Waals surface area contributed by atoms with Crippen molar-refractivity contribution in [1.82, 2.24) is 10.2 Å². The molecule has 6 heteroatoms. The molecular weight excluding hydrogens is 172 g/mol. The van der Waals surface area contributed by atoms with E-state index in [1.807, 2.05) is 0 Å². The summed E-state index contributed by atoms with van der Waals surface area (Å²) in [4.78, 5) is 1.48. The number of aliphatic hydroxyl groups is 2. The topological polar surface area (TPSA) is 108 Å². The van der Waals surface area contributed by atoms with Crippen LogP contribution in [0.25, 0.3) is 0 Å². The van der Waals surface area contributed by atoms with Crippen molar-refractivity contribution in [1.29, 1.82) is 0 Å². The molecular formula is C7H20N4O2. The number of rotatable bonds is 8. The molecule has 6 nitrogen and oxygen atoms in total. The molecule has 0 saturated heterocycles. The molecule has 0 aromatic rings. The van der Waals surface area contributed by atoms with Crippen LogP contribution in [0.2, 0.25) is 0 Å². The lowest BCUT2D eigenvalue weighted by atomic mass is 10.3. The number of hydrogen-bond donors (Lipinski definition) is 5.